The lowest BCUT2D eigenvalue weighted by molar-refractivity contribution is 0.880. The molecule has 80 valence electrons. The summed E-state index contributed by atoms with van der Waals surface area (Å²) < 4.78 is 0. The van der Waals surface area contributed by atoms with Gasteiger partial charge in [0.25, 0.3) is 0 Å². The number of benzene rings is 1. The zero-order chi connectivity index (χ0) is 10.7. The summed E-state index contributed by atoms with van der Waals surface area (Å²) in [6, 6.07) is 7.98. The van der Waals surface area contributed by atoms with Gasteiger partial charge in [-0.15, -0.1) is 0 Å². The Morgan fingerprint density at radius 3 is 2.53 bits per heavy atom. The molecule has 0 heterocycles. The van der Waals surface area contributed by atoms with Crippen molar-refractivity contribution < 1.29 is 0 Å². The van der Waals surface area contributed by atoms with Crippen LogP contribution in [0.3, 0.4) is 0 Å². The van der Waals surface area contributed by atoms with E-state index in [1.807, 2.05) is 24.3 Å². The number of hydrazine groups is 1. The van der Waals surface area contributed by atoms with Crippen molar-refractivity contribution in [3.05, 3.63) is 29.3 Å². The third kappa shape index (κ3) is 3.57. The number of hydrogen-bond acceptors (Lipinski definition) is 2. The fourth-order valence-electron chi connectivity index (χ4n) is 1.11. The highest BCUT2D eigenvalue weighted by molar-refractivity contribution is 7.80. The third-order valence-corrected chi connectivity index (χ3v) is 2.55. The number of hydrogen-bond donors (Lipinski definition) is 3. The summed E-state index contributed by atoms with van der Waals surface area (Å²) in [5.41, 5.74) is 6.84. The maximum atomic E-state index is 5.77. The molecule has 0 atom stereocenters. The number of thiocarbonyl (C=S) groups is 1. The van der Waals surface area contributed by atoms with Gasteiger partial charge in [-0.05, 0) is 49.3 Å². The summed E-state index contributed by atoms with van der Waals surface area (Å²) in [4.78, 5) is 0. The molecule has 1 fully saturated rings. The van der Waals surface area contributed by atoms with E-state index in [0.29, 0.717) is 11.2 Å². The van der Waals surface area contributed by atoms with Gasteiger partial charge in [-0.2, -0.15) is 0 Å². The van der Waals surface area contributed by atoms with Crippen LogP contribution in [0.2, 0.25) is 5.02 Å². The Morgan fingerprint density at radius 1 is 1.27 bits per heavy atom. The molecular weight excluding hydrogens is 230 g/mol. The highest BCUT2D eigenvalue weighted by Gasteiger charge is 2.21. The molecule has 1 aromatic carbocycles. The molecule has 0 unspecified atom stereocenters. The summed E-state index contributed by atoms with van der Waals surface area (Å²) in [6.07, 6.45) is 2.42. The van der Waals surface area contributed by atoms with Crippen LogP contribution in [0.5, 0.6) is 0 Å². The van der Waals surface area contributed by atoms with Crippen LogP contribution in [0.25, 0.3) is 0 Å². The molecule has 0 saturated heterocycles. The zero-order valence-corrected chi connectivity index (χ0v) is 9.66. The van der Waals surface area contributed by atoms with Crippen LogP contribution < -0.4 is 16.2 Å². The van der Waals surface area contributed by atoms with Crippen molar-refractivity contribution in [2.24, 2.45) is 0 Å². The van der Waals surface area contributed by atoms with Crippen molar-refractivity contribution in [2.45, 2.75) is 18.9 Å². The van der Waals surface area contributed by atoms with Gasteiger partial charge in [-0.1, -0.05) is 11.6 Å². The monoisotopic (exact) mass is 241 g/mol. The van der Waals surface area contributed by atoms with Gasteiger partial charge in [0, 0.05) is 11.1 Å². The normalized spacial score (nSPS) is 14.5. The first-order valence-corrected chi connectivity index (χ1v) is 5.61. The second-order valence-corrected chi connectivity index (χ2v) is 4.35. The fraction of sp³-hybridized carbons (Fsp3) is 0.300. The van der Waals surface area contributed by atoms with Crippen LogP contribution in [0, 0.1) is 0 Å². The molecule has 1 aromatic rings. The lowest BCUT2D eigenvalue weighted by atomic mass is 10.3. The molecule has 1 saturated carbocycles. The van der Waals surface area contributed by atoms with E-state index in [0.717, 1.165) is 10.7 Å². The molecule has 0 radical (unpaired) electrons. The molecule has 1 aliphatic carbocycles. The number of anilines is 1. The van der Waals surface area contributed by atoms with Crippen LogP contribution in [-0.2, 0) is 0 Å². The van der Waals surface area contributed by atoms with E-state index in [2.05, 4.69) is 16.2 Å². The fourth-order valence-corrected chi connectivity index (χ4v) is 1.45. The predicted molar refractivity (Wildman–Crippen MR) is 67.0 cm³/mol. The average Bonchev–Trinajstić information content (AvgIpc) is 3.01. The Morgan fingerprint density at radius 2 is 1.93 bits per heavy atom. The second kappa shape index (κ2) is 4.68. The summed E-state index contributed by atoms with van der Waals surface area (Å²) in [6.45, 7) is 0. The van der Waals surface area contributed by atoms with Crippen LogP contribution in [0.1, 0.15) is 12.8 Å². The largest absolute Gasteiger partial charge is 0.359 e. The van der Waals surface area contributed by atoms with Gasteiger partial charge in [0.05, 0.1) is 5.69 Å². The molecule has 5 heteroatoms. The van der Waals surface area contributed by atoms with Gasteiger partial charge in [-0.25, -0.2) is 0 Å². The highest BCUT2D eigenvalue weighted by Crippen LogP contribution is 2.18. The SMILES string of the molecule is S=C(NNc1ccc(Cl)cc1)NC1CC1. The van der Waals surface area contributed by atoms with Crippen molar-refractivity contribution in [1.82, 2.24) is 10.7 Å². The zero-order valence-electron chi connectivity index (χ0n) is 8.09. The number of nitrogens with one attached hydrogen (secondary N) is 3. The molecule has 0 aliphatic heterocycles. The number of rotatable bonds is 3. The minimum Gasteiger partial charge on any atom is -0.359 e. The van der Waals surface area contributed by atoms with E-state index in [9.17, 15) is 0 Å². The standard InChI is InChI=1S/C10H12ClN3S/c11-7-1-3-9(4-2-7)13-14-10(15)12-8-5-6-8/h1-4,8,13H,5-6H2,(H2,12,14,15). The molecule has 0 bridgehead atoms. The number of halogens is 1. The van der Waals surface area contributed by atoms with E-state index in [1.54, 1.807) is 0 Å². The van der Waals surface area contributed by atoms with Gasteiger partial charge in [0.15, 0.2) is 5.11 Å². The second-order valence-electron chi connectivity index (χ2n) is 3.50. The Kier molecular flexibility index (Phi) is 3.28. The first-order valence-electron chi connectivity index (χ1n) is 4.82. The van der Waals surface area contributed by atoms with E-state index >= 15 is 0 Å². The minimum absolute atomic E-state index is 0.567. The van der Waals surface area contributed by atoms with E-state index in [4.69, 9.17) is 23.8 Å². The summed E-state index contributed by atoms with van der Waals surface area (Å²) >= 11 is 10.8. The summed E-state index contributed by atoms with van der Waals surface area (Å²) in [7, 11) is 0. The van der Waals surface area contributed by atoms with Crippen molar-refractivity contribution >= 4 is 34.6 Å². The minimum atomic E-state index is 0.567. The van der Waals surface area contributed by atoms with Crippen LogP contribution in [-0.4, -0.2) is 11.2 Å². The van der Waals surface area contributed by atoms with Gasteiger partial charge in [-0.3, -0.25) is 10.9 Å². The molecule has 0 spiro atoms. The molecule has 3 nitrogen and oxygen atoms in total. The highest BCUT2D eigenvalue weighted by atomic mass is 35.5. The molecule has 0 aromatic heterocycles. The van der Waals surface area contributed by atoms with Gasteiger partial charge < -0.3 is 5.32 Å². The Hall–Kier alpha value is -1.00. The van der Waals surface area contributed by atoms with Gasteiger partial charge >= 0.3 is 0 Å². The summed E-state index contributed by atoms with van der Waals surface area (Å²) in [5.74, 6) is 0. The Labute approximate surface area is 99.2 Å². The summed E-state index contributed by atoms with van der Waals surface area (Å²) in [5, 5.41) is 4.52. The quantitative estimate of drug-likeness (QED) is 0.561. The smallest absolute Gasteiger partial charge is 0.185 e. The molecular formula is C10H12ClN3S. The predicted octanol–water partition coefficient (Wildman–Crippen LogP) is 2.29. The topological polar surface area (TPSA) is 36.1 Å². The van der Waals surface area contributed by atoms with Gasteiger partial charge in [0.1, 0.15) is 0 Å². The molecule has 2 rings (SSSR count). The van der Waals surface area contributed by atoms with Gasteiger partial charge in [0.2, 0.25) is 0 Å². The van der Waals surface area contributed by atoms with E-state index in [-0.39, 0.29) is 0 Å². The average molecular weight is 242 g/mol. The third-order valence-electron chi connectivity index (χ3n) is 2.08. The maximum Gasteiger partial charge on any atom is 0.185 e. The lowest BCUT2D eigenvalue weighted by Gasteiger charge is -2.11. The molecule has 0 amide bonds. The van der Waals surface area contributed by atoms with Crippen LogP contribution >= 0.6 is 23.8 Å². The van der Waals surface area contributed by atoms with E-state index in [1.165, 1.54) is 12.8 Å². The first kappa shape index (κ1) is 10.5. The van der Waals surface area contributed by atoms with Crippen LogP contribution in [0.4, 0.5) is 5.69 Å². The first-order chi connectivity index (χ1) is 7.24. The molecule has 1 aliphatic rings. The molecule has 15 heavy (non-hydrogen) atoms. The van der Waals surface area contributed by atoms with Crippen molar-refractivity contribution in [3.63, 3.8) is 0 Å². The Bertz CT molecular complexity index is 348. The Balaban J connectivity index is 1.76. The van der Waals surface area contributed by atoms with Crippen molar-refractivity contribution in [2.75, 3.05) is 5.43 Å². The lowest BCUT2D eigenvalue weighted by Crippen LogP contribution is -2.39. The van der Waals surface area contributed by atoms with Crippen LogP contribution in [0.15, 0.2) is 24.3 Å². The van der Waals surface area contributed by atoms with Crippen molar-refractivity contribution in [3.8, 4) is 0 Å². The molecule has 3 N–H and O–H groups in total. The van der Waals surface area contributed by atoms with E-state index < -0.39 is 0 Å². The van der Waals surface area contributed by atoms with Crippen molar-refractivity contribution in [1.29, 1.82) is 0 Å². The maximum absolute atomic E-state index is 5.77.